The maximum atomic E-state index is 12.1. The van der Waals surface area contributed by atoms with Gasteiger partial charge in [-0.25, -0.2) is 4.98 Å². The molecule has 0 saturated carbocycles. The van der Waals surface area contributed by atoms with Crippen LogP contribution in [0.1, 0.15) is 42.2 Å². The molecule has 0 saturated heterocycles. The van der Waals surface area contributed by atoms with E-state index in [4.69, 9.17) is 5.73 Å². The average molecular weight is 289 g/mol. The molecule has 0 spiro atoms. The molecule has 2 aromatic rings. The van der Waals surface area contributed by atoms with Crippen molar-refractivity contribution in [3.63, 3.8) is 0 Å². The lowest BCUT2D eigenvalue weighted by Gasteiger charge is -2.16. The molecular formula is C15H19N3OS. The molecule has 1 aromatic carbocycles. The number of hydrogen-bond donors (Lipinski definition) is 2. The number of nitrogens with two attached hydrogens (primary N) is 1. The van der Waals surface area contributed by atoms with Crippen LogP contribution in [0.3, 0.4) is 0 Å². The van der Waals surface area contributed by atoms with Crippen molar-refractivity contribution < 1.29 is 4.79 Å². The van der Waals surface area contributed by atoms with Crippen LogP contribution in [-0.4, -0.2) is 10.9 Å². The van der Waals surface area contributed by atoms with Gasteiger partial charge < -0.3 is 11.1 Å². The van der Waals surface area contributed by atoms with E-state index in [0.29, 0.717) is 0 Å². The van der Waals surface area contributed by atoms with Gasteiger partial charge >= 0.3 is 0 Å². The molecule has 20 heavy (non-hydrogen) atoms. The summed E-state index contributed by atoms with van der Waals surface area (Å²) in [5.41, 5.74) is 7.67. The topological polar surface area (TPSA) is 68.0 Å². The minimum Gasteiger partial charge on any atom is -0.346 e. The monoisotopic (exact) mass is 289 g/mol. The van der Waals surface area contributed by atoms with Gasteiger partial charge in [0.25, 0.3) is 0 Å². The van der Waals surface area contributed by atoms with Crippen LogP contribution in [0.2, 0.25) is 0 Å². The van der Waals surface area contributed by atoms with Gasteiger partial charge in [0.15, 0.2) is 0 Å². The summed E-state index contributed by atoms with van der Waals surface area (Å²) in [5.74, 6) is -0.185. The van der Waals surface area contributed by atoms with Gasteiger partial charge in [-0.2, -0.15) is 0 Å². The summed E-state index contributed by atoms with van der Waals surface area (Å²) < 4.78 is 0. The van der Waals surface area contributed by atoms with Crippen LogP contribution in [0.25, 0.3) is 0 Å². The van der Waals surface area contributed by atoms with Gasteiger partial charge in [0, 0.05) is 5.38 Å². The van der Waals surface area contributed by atoms with E-state index in [9.17, 15) is 4.79 Å². The van der Waals surface area contributed by atoms with E-state index in [0.717, 1.165) is 22.7 Å². The Labute approximate surface area is 123 Å². The Kier molecular flexibility index (Phi) is 4.87. The molecule has 0 aliphatic carbocycles. The molecule has 1 heterocycles. The fourth-order valence-corrected chi connectivity index (χ4v) is 2.71. The number of nitrogens with one attached hydrogen (secondary N) is 1. The van der Waals surface area contributed by atoms with E-state index in [1.54, 1.807) is 11.3 Å². The number of amides is 1. The van der Waals surface area contributed by atoms with E-state index in [2.05, 4.69) is 17.2 Å². The number of aryl methyl sites for hydroxylation is 1. The molecule has 4 nitrogen and oxygen atoms in total. The number of benzene rings is 1. The molecule has 0 radical (unpaired) electrons. The number of thiazole rings is 1. The second kappa shape index (κ2) is 6.63. The quantitative estimate of drug-likeness (QED) is 0.889. The highest BCUT2D eigenvalue weighted by Gasteiger charge is 2.19. The van der Waals surface area contributed by atoms with E-state index in [1.807, 2.05) is 42.6 Å². The predicted octanol–water partition coefficient (Wildman–Crippen LogP) is 2.58. The van der Waals surface area contributed by atoms with Crippen molar-refractivity contribution in [1.82, 2.24) is 10.3 Å². The van der Waals surface area contributed by atoms with Gasteiger partial charge in [0.1, 0.15) is 6.04 Å². The van der Waals surface area contributed by atoms with Crippen molar-refractivity contribution in [3.8, 4) is 0 Å². The first kappa shape index (κ1) is 14.7. The molecule has 0 fully saturated rings. The van der Waals surface area contributed by atoms with Gasteiger partial charge in [-0.15, -0.1) is 11.3 Å². The fourth-order valence-electron chi connectivity index (χ4n) is 1.88. The molecule has 1 aromatic heterocycles. The number of hydrogen-bond acceptors (Lipinski definition) is 4. The van der Waals surface area contributed by atoms with E-state index in [1.165, 1.54) is 0 Å². The maximum absolute atomic E-state index is 12.1. The Hall–Kier alpha value is -1.72. The molecule has 3 N–H and O–H groups in total. The summed E-state index contributed by atoms with van der Waals surface area (Å²) >= 11 is 1.62. The smallest absolute Gasteiger partial charge is 0.242 e. The molecule has 2 unspecified atom stereocenters. The summed E-state index contributed by atoms with van der Waals surface area (Å²) in [7, 11) is 0. The molecule has 5 heteroatoms. The van der Waals surface area contributed by atoms with Crippen molar-refractivity contribution in [3.05, 3.63) is 52.0 Å². The third kappa shape index (κ3) is 3.43. The SMILES string of the molecule is CCc1nc(C(C)NC(=O)C(N)c2ccccc2)cs1. The summed E-state index contributed by atoms with van der Waals surface area (Å²) in [5, 5.41) is 5.97. The minimum absolute atomic E-state index is 0.131. The lowest BCUT2D eigenvalue weighted by atomic mass is 10.1. The van der Waals surface area contributed by atoms with Crippen molar-refractivity contribution in [1.29, 1.82) is 0 Å². The van der Waals surface area contributed by atoms with Gasteiger partial charge in [0.05, 0.1) is 16.7 Å². The van der Waals surface area contributed by atoms with Crippen LogP contribution < -0.4 is 11.1 Å². The van der Waals surface area contributed by atoms with Gasteiger partial charge in [-0.1, -0.05) is 37.3 Å². The first-order valence-corrected chi connectivity index (χ1v) is 7.55. The first-order valence-electron chi connectivity index (χ1n) is 6.67. The number of aromatic nitrogens is 1. The molecule has 0 bridgehead atoms. The standard InChI is InChI=1S/C15H19N3OS/c1-3-13-18-12(9-20-13)10(2)17-15(19)14(16)11-7-5-4-6-8-11/h4-10,14H,3,16H2,1-2H3,(H,17,19). The van der Waals surface area contributed by atoms with Gasteiger partial charge in [-0.3, -0.25) is 4.79 Å². The summed E-state index contributed by atoms with van der Waals surface area (Å²) in [4.78, 5) is 16.6. The van der Waals surface area contributed by atoms with Crippen LogP contribution in [0, 0.1) is 0 Å². The Morgan fingerprint density at radius 1 is 1.40 bits per heavy atom. The van der Waals surface area contributed by atoms with Crippen LogP contribution in [0.5, 0.6) is 0 Å². The highest BCUT2D eigenvalue weighted by atomic mass is 32.1. The largest absolute Gasteiger partial charge is 0.346 e. The zero-order chi connectivity index (χ0) is 14.5. The van der Waals surface area contributed by atoms with Gasteiger partial charge in [0.2, 0.25) is 5.91 Å². The zero-order valence-electron chi connectivity index (χ0n) is 11.7. The third-order valence-electron chi connectivity index (χ3n) is 3.12. The third-order valence-corrected chi connectivity index (χ3v) is 4.13. The number of carbonyl (C=O) groups is 1. The van der Waals surface area contributed by atoms with Crippen molar-refractivity contribution >= 4 is 17.2 Å². The van der Waals surface area contributed by atoms with Crippen LogP contribution in [0.4, 0.5) is 0 Å². The van der Waals surface area contributed by atoms with E-state index >= 15 is 0 Å². The number of nitrogens with zero attached hydrogens (tertiary/aromatic N) is 1. The highest BCUT2D eigenvalue weighted by molar-refractivity contribution is 7.09. The maximum Gasteiger partial charge on any atom is 0.242 e. The zero-order valence-corrected chi connectivity index (χ0v) is 12.5. The average Bonchev–Trinajstić information content (AvgIpc) is 2.96. The van der Waals surface area contributed by atoms with Crippen LogP contribution in [0.15, 0.2) is 35.7 Å². The molecule has 0 aliphatic rings. The highest BCUT2D eigenvalue weighted by Crippen LogP contribution is 2.18. The summed E-state index contributed by atoms with van der Waals surface area (Å²) in [6, 6.07) is 8.58. The normalized spacial score (nSPS) is 13.8. The van der Waals surface area contributed by atoms with Crippen molar-refractivity contribution in [2.75, 3.05) is 0 Å². The molecule has 106 valence electrons. The van der Waals surface area contributed by atoms with E-state index < -0.39 is 6.04 Å². The Balaban J connectivity index is 2.00. The fraction of sp³-hybridized carbons (Fsp3) is 0.333. The Morgan fingerprint density at radius 2 is 2.10 bits per heavy atom. The molecular weight excluding hydrogens is 270 g/mol. The van der Waals surface area contributed by atoms with Crippen molar-refractivity contribution in [2.45, 2.75) is 32.4 Å². The van der Waals surface area contributed by atoms with Gasteiger partial charge in [-0.05, 0) is 18.9 Å². The number of rotatable bonds is 5. The lowest BCUT2D eigenvalue weighted by molar-refractivity contribution is -0.123. The Morgan fingerprint density at radius 3 is 2.70 bits per heavy atom. The molecule has 0 aliphatic heterocycles. The summed E-state index contributed by atoms with van der Waals surface area (Å²) in [6.45, 7) is 3.99. The minimum atomic E-state index is -0.650. The molecule has 2 atom stereocenters. The second-order valence-corrected chi connectivity index (χ2v) is 5.58. The molecule has 2 rings (SSSR count). The second-order valence-electron chi connectivity index (χ2n) is 4.64. The Bertz CT molecular complexity index is 568. The lowest BCUT2D eigenvalue weighted by Crippen LogP contribution is -2.35. The van der Waals surface area contributed by atoms with Crippen LogP contribution in [-0.2, 0) is 11.2 Å². The van der Waals surface area contributed by atoms with E-state index in [-0.39, 0.29) is 11.9 Å². The predicted molar refractivity (Wildman–Crippen MR) is 81.4 cm³/mol. The van der Waals surface area contributed by atoms with Crippen molar-refractivity contribution in [2.24, 2.45) is 5.73 Å². The first-order chi connectivity index (χ1) is 9.61. The molecule has 1 amide bonds. The van der Waals surface area contributed by atoms with Crippen LogP contribution >= 0.6 is 11.3 Å². The summed E-state index contributed by atoms with van der Waals surface area (Å²) in [6.07, 6.45) is 0.912. The number of carbonyl (C=O) groups excluding carboxylic acids is 1.